The zero-order valence-electron chi connectivity index (χ0n) is 15.8. The minimum absolute atomic E-state index is 0.0630. The number of aromatic nitrogens is 1. The van der Waals surface area contributed by atoms with Gasteiger partial charge in [0.2, 0.25) is 10.0 Å². The number of likely N-dealkylation sites (tertiary alicyclic amines) is 1. The molecule has 3 heterocycles. The third-order valence-electron chi connectivity index (χ3n) is 5.27. The predicted molar refractivity (Wildman–Crippen MR) is 104 cm³/mol. The van der Waals surface area contributed by atoms with E-state index in [0.29, 0.717) is 6.54 Å². The van der Waals surface area contributed by atoms with Gasteiger partial charge in [-0.2, -0.15) is 4.31 Å². The average molecular weight is 403 g/mol. The van der Waals surface area contributed by atoms with E-state index in [9.17, 15) is 8.42 Å². The normalized spacial score (nSPS) is 23.6. The van der Waals surface area contributed by atoms with E-state index in [4.69, 9.17) is 4.74 Å². The van der Waals surface area contributed by atoms with Crippen molar-refractivity contribution in [1.82, 2.24) is 19.1 Å². The van der Waals surface area contributed by atoms with Crippen LogP contribution in [0.3, 0.4) is 0 Å². The molecule has 26 heavy (non-hydrogen) atoms. The van der Waals surface area contributed by atoms with Crippen LogP contribution in [0.25, 0.3) is 0 Å². The molecule has 1 aromatic rings. The number of nitrogens with zero attached hydrogens (tertiary/aromatic N) is 4. The molecule has 2 saturated heterocycles. The first kappa shape index (κ1) is 20.2. The molecule has 0 spiro atoms. The molecule has 2 fully saturated rings. The van der Waals surface area contributed by atoms with Gasteiger partial charge in [-0.3, -0.25) is 9.80 Å². The van der Waals surface area contributed by atoms with Crippen molar-refractivity contribution in [2.45, 2.75) is 32.4 Å². The summed E-state index contributed by atoms with van der Waals surface area (Å²) in [4.78, 5) is 10.3. The van der Waals surface area contributed by atoms with Gasteiger partial charge in [-0.15, -0.1) is 11.3 Å². The minimum atomic E-state index is -3.22. The highest BCUT2D eigenvalue weighted by Gasteiger charge is 2.31. The Hall–Kier alpha value is -0.580. The predicted octanol–water partition coefficient (Wildman–Crippen LogP) is 1.01. The third-order valence-corrected chi connectivity index (χ3v) is 7.52. The topological polar surface area (TPSA) is 66.0 Å². The highest BCUT2D eigenvalue weighted by Crippen LogP contribution is 2.22. The van der Waals surface area contributed by atoms with Crippen LogP contribution in [0.2, 0.25) is 0 Å². The van der Waals surface area contributed by atoms with Gasteiger partial charge in [0.05, 0.1) is 30.7 Å². The van der Waals surface area contributed by atoms with Gasteiger partial charge in [-0.05, 0) is 26.3 Å². The number of aryl methyl sites for hydroxylation is 1. The number of thiazole rings is 1. The molecule has 0 saturated carbocycles. The molecular formula is C17H30N4O3S2. The molecule has 1 atom stereocenters. The van der Waals surface area contributed by atoms with E-state index >= 15 is 0 Å². The van der Waals surface area contributed by atoms with E-state index in [0.717, 1.165) is 71.0 Å². The van der Waals surface area contributed by atoms with Gasteiger partial charge in [-0.25, -0.2) is 13.4 Å². The van der Waals surface area contributed by atoms with E-state index in [1.807, 2.05) is 12.4 Å². The first-order valence-electron chi connectivity index (χ1n) is 9.31. The summed E-state index contributed by atoms with van der Waals surface area (Å²) in [5, 5.41) is 0. The molecule has 0 aliphatic carbocycles. The van der Waals surface area contributed by atoms with Gasteiger partial charge < -0.3 is 4.74 Å². The van der Waals surface area contributed by atoms with Crippen LogP contribution in [0.15, 0.2) is 5.51 Å². The Labute approximate surface area is 161 Å². The van der Waals surface area contributed by atoms with Crippen molar-refractivity contribution in [3.05, 3.63) is 16.1 Å². The largest absolute Gasteiger partial charge is 0.379 e. The first-order valence-corrected chi connectivity index (χ1v) is 12.0. The molecule has 0 radical (unpaired) electrons. The van der Waals surface area contributed by atoms with Crippen LogP contribution >= 0.6 is 11.3 Å². The molecule has 3 rings (SSSR count). The number of morpholine rings is 1. The van der Waals surface area contributed by atoms with Gasteiger partial charge in [0.15, 0.2) is 0 Å². The van der Waals surface area contributed by atoms with E-state index in [1.165, 1.54) is 11.1 Å². The molecule has 0 bridgehead atoms. The van der Waals surface area contributed by atoms with Gasteiger partial charge in [-0.1, -0.05) is 0 Å². The van der Waals surface area contributed by atoms with Crippen LogP contribution in [0.4, 0.5) is 0 Å². The van der Waals surface area contributed by atoms with E-state index in [2.05, 4.69) is 14.8 Å². The Bertz CT molecular complexity index is 673. The number of hydrogen-bond donors (Lipinski definition) is 0. The molecule has 1 aromatic heterocycles. The van der Waals surface area contributed by atoms with E-state index in [-0.39, 0.29) is 6.04 Å². The zero-order valence-corrected chi connectivity index (χ0v) is 17.4. The summed E-state index contributed by atoms with van der Waals surface area (Å²) in [7, 11) is -3.22. The van der Waals surface area contributed by atoms with Crippen molar-refractivity contribution < 1.29 is 13.2 Å². The van der Waals surface area contributed by atoms with Crippen molar-refractivity contribution in [3.63, 3.8) is 0 Å². The molecule has 2 aliphatic heterocycles. The lowest BCUT2D eigenvalue weighted by Gasteiger charge is -2.39. The van der Waals surface area contributed by atoms with Gasteiger partial charge in [0, 0.05) is 50.2 Å². The zero-order chi connectivity index (χ0) is 18.6. The lowest BCUT2D eigenvalue weighted by molar-refractivity contribution is 0.0337. The van der Waals surface area contributed by atoms with E-state index in [1.54, 1.807) is 15.6 Å². The Kier molecular flexibility index (Phi) is 7.04. The van der Waals surface area contributed by atoms with E-state index < -0.39 is 10.0 Å². The Balaban J connectivity index is 1.61. The fraction of sp³-hybridized carbons (Fsp3) is 0.824. The van der Waals surface area contributed by atoms with Crippen LogP contribution in [-0.4, -0.2) is 92.3 Å². The smallest absolute Gasteiger partial charge is 0.211 e. The fourth-order valence-corrected chi connectivity index (χ4v) is 5.72. The monoisotopic (exact) mass is 402 g/mol. The lowest BCUT2D eigenvalue weighted by Crippen LogP contribution is -2.52. The van der Waals surface area contributed by atoms with Gasteiger partial charge in [0.1, 0.15) is 0 Å². The molecule has 0 aromatic carbocycles. The maximum Gasteiger partial charge on any atom is 0.211 e. The Morgan fingerprint density at radius 1 is 1.31 bits per heavy atom. The summed E-state index contributed by atoms with van der Waals surface area (Å²) in [6.45, 7) is 9.33. The summed E-state index contributed by atoms with van der Waals surface area (Å²) in [5.74, 6) is 0. The first-order chi connectivity index (χ1) is 12.4. The molecule has 9 heteroatoms. The molecule has 0 amide bonds. The number of ether oxygens (including phenoxy) is 1. The van der Waals surface area contributed by atoms with Crippen LogP contribution < -0.4 is 0 Å². The second-order valence-electron chi connectivity index (χ2n) is 7.22. The summed E-state index contributed by atoms with van der Waals surface area (Å²) in [6, 6.07) is 0.0630. The number of sulfonamides is 1. The Morgan fingerprint density at radius 3 is 2.73 bits per heavy atom. The highest BCUT2D eigenvalue weighted by atomic mass is 32.2. The number of piperidine rings is 1. The summed E-state index contributed by atoms with van der Waals surface area (Å²) >= 11 is 1.68. The summed E-state index contributed by atoms with van der Waals surface area (Å²) < 4.78 is 32.0. The van der Waals surface area contributed by atoms with Crippen LogP contribution in [0, 0.1) is 6.92 Å². The maximum atomic E-state index is 12.4. The molecule has 1 unspecified atom stereocenters. The van der Waals surface area contributed by atoms with Gasteiger partial charge in [0.25, 0.3) is 0 Å². The van der Waals surface area contributed by atoms with Crippen LogP contribution in [0.1, 0.15) is 23.4 Å². The van der Waals surface area contributed by atoms with Crippen LogP contribution in [0.5, 0.6) is 0 Å². The molecule has 148 valence electrons. The molecule has 7 nitrogen and oxygen atoms in total. The number of rotatable bonds is 7. The summed E-state index contributed by atoms with van der Waals surface area (Å²) in [6.07, 6.45) is 3.32. The third kappa shape index (κ3) is 5.46. The Morgan fingerprint density at radius 2 is 2.08 bits per heavy atom. The fourth-order valence-electron chi connectivity index (χ4n) is 3.77. The van der Waals surface area contributed by atoms with Crippen LogP contribution in [-0.2, 0) is 21.3 Å². The number of hydrogen-bond acceptors (Lipinski definition) is 7. The highest BCUT2D eigenvalue weighted by molar-refractivity contribution is 7.88. The van der Waals surface area contributed by atoms with Gasteiger partial charge >= 0.3 is 0 Å². The van der Waals surface area contributed by atoms with Crippen molar-refractivity contribution in [2.24, 2.45) is 0 Å². The lowest BCUT2D eigenvalue weighted by atomic mass is 10.1. The quantitative estimate of drug-likeness (QED) is 0.678. The summed E-state index contributed by atoms with van der Waals surface area (Å²) in [5.41, 5.74) is 2.97. The SMILES string of the molecule is Cc1ncsc1CN1CCCC(N(CCN2CCOCC2)S(C)(=O)=O)C1. The standard InChI is InChI=1S/C17H30N4O3S2/c1-15-17(25-14-18-15)13-20-5-3-4-16(12-20)21(26(2,22)23)7-6-19-8-10-24-11-9-19/h14,16H,3-13H2,1-2H3. The van der Waals surface area contributed by atoms with Crippen molar-refractivity contribution >= 4 is 21.4 Å². The van der Waals surface area contributed by atoms with Crippen molar-refractivity contribution in [3.8, 4) is 0 Å². The minimum Gasteiger partial charge on any atom is -0.379 e. The van der Waals surface area contributed by atoms with Crippen molar-refractivity contribution in [1.29, 1.82) is 0 Å². The second-order valence-corrected chi connectivity index (χ2v) is 10.1. The maximum absolute atomic E-state index is 12.4. The van der Waals surface area contributed by atoms with Crippen molar-refractivity contribution in [2.75, 3.05) is 58.7 Å². The molecular weight excluding hydrogens is 372 g/mol. The molecule has 2 aliphatic rings. The molecule has 0 N–H and O–H groups in total. The second kappa shape index (κ2) is 9.07. The average Bonchev–Trinajstić information content (AvgIpc) is 3.00.